The molecule has 20 heavy (non-hydrogen) atoms. The van der Waals surface area contributed by atoms with Crippen molar-refractivity contribution in [3.63, 3.8) is 0 Å². The summed E-state index contributed by atoms with van der Waals surface area (Å²) in [5.41, 5.74) is 2.52. The average Bonchev–Trinajstić information content (AvgIpc) is 2.86. The summed E-state index contributed by atoms with van der Waals surface area (Å²) in [6.07, 6.45) is 3.18. The van der Waals surface area contributed by atoms with Crippen LogP contribution in [0.2, 0.25) is 0 Å². The SMILES string of the molecule is CNc1nn(C2CCNCC2)c2c1CN(C(C)=O)CC2. The van der Waals surface area contributed by atoms with Gasteiger partial charge in [-0.05, 0) is 25.9 Å². The van der Waals surface area contributed by atoms with Crippen LogP contribution in [0.1, 0.15) is 37.1 Å². The number of nitrogens with zero attached hydrogens (tertiary/aromatic N) is 3. The summed E-state index contributed by atoms with van der Waals surface area (Å²) in [4.78, 5) is 13.5. The number of aromatic nitrogens is 2. The molecule has 1 amide bonds. The maximum atomic E-state index is 11.6. The van der Waals surface area contributed by atoms with Gasteiger partial charge >= 0.3 is 0 Å². The van der Waals surface area contributed by atoms with Crippen molar-refractivity contribution in [3.8, 4) is 0 Å². The summed E-state index contributed by atoms with van der Waals surface area (Å²) in [6.45, 7) is 5.26. The van der Waals surface area contributed by atoms with Crippen LogP contribution >= 0.6 is 0 Å². The lowest BCUT2D eigenvalue weighted by Gasteiger charge is -2.29. The summed E-state index contributed by atoms with van der Waals surface area (Å²) >= 11 is 0. The number of amides is 1. The largest absolute Gasteiger partial charge is 0.371 e. The fourth-order valence-electron chi connectivity index (χ4n) is 3.27. The molecule has 2 aliphatic rings. The first-order valence-corrected chi connectivity index (χ1v) is 7.45. The second-order valence-corrected chi connectivity index (χ2v) is 5.64. The van der Waals surface area contributed by atoms with Crippen molar-refractivity contribution in [1.82, 2.24) is 20.0 Å². The summed E-state index contributed by atoms with van der Waals surface area (Å²) in [5.74, 6) is 1.08. The number of carbonyl (C=O) groups is 1. The van der Waals surface area contributed by atoms with Crippen molar-refractivity contribution in [2.75, 3.05) is 32.0 Å². The minimum absolute atomic E-state index is 0.146. The zero-order chi connectivity index (χ0) is 14.1. The van der Waals surface area contributed by atoms with E-state index in [1.54, 1.807) is 6.92 Å². The molecule has 0 aromatic carbocycles. The Hall–Kier alpha value is -1.56. The van der Waals surface area contributed by atoms with E-state index in [0.29, 0.717) is 12.6 Å². The van der Waals surface area contributed by atoms with Gasteiger partial charge in [0.1, 0.15) is 0 Å². The molecule has 2 N–H and O–H groups in total. The number of hydrogen-bond acceptors (Lipinski definition) is 4. The van der Waals surface area contributed by atoms with E-state index >= 15 is 0 Å². The molecule has 0 saturated carbocycles. The smallest absolute Gasteiger partial charge is 0.219 e. The molecule has 6 nitrogen and oxygen atoms in total. The Balaban J connectivity index is 1.92. The van der Waals surface area contributed by atoms with E-state index in [2.05, 4.69) is 15.3 Å². The molecule has 0 radical (unpaired) electrons. The molecule has 3 heterocycles. The van der Waals surface area contributed by atoms with Crippen molar-refractivity contribution in [2.45, 2.75) is 38.8 Å². The molecule has 1 fully saturated rings. The number of hydrogen-bond donors (Lipinski definition) is 2. The second kappa shape index (κ2) is 5.44. The van der Waals surface area contributed by atoms with Crippen molar-refractivity contribution >= 4 is 11.7 Å². The number of anilines is 1. The number of fused-ring (bicyclic) bond motifs is 1. The Kier molecular flexibility index (Phi) is 3.65. The third-order valence-electron chi connectivity index (χ3n) is 4.42. The van der Waals surface area contributed by atoms with Gasteiger partial charge < -0.3 is 15.5 Å². The van der Waals surface area contributed by atoms with Crippen LogP contribution in [0.25, 0.3) is 0 Å². The van der Waals surface area contributed by atoms with E-state index in [-0.39, 0.29) is 5.91 Å². The number of carbonyl (C=O) groups excluding carboxylic acids is 1. The zero-order valence-corrected chi connectivity index (χ0v) is 12.3. The number of piperidine rings is 1. The number of rotatable bonds is 2. The lowest BCUT2D eigenvalue weighted by molar-refractivity contribution is -0.129. The van der Waals surface area contributed by atoms with Gasteiger partial charge in [-0.25, -0.2) is 0 Å². The summed E-state index contributed by atoms with van der Waals surface area (Å²) < 4.78 is 2.22. The fourth-order valence-corrected chi connectivity index (χ4v) is 3.27. The topological polar surface area (TPSA) is 62.2 Å². The van der Waals surface area contributed by atoms with Crippen molar-refractivity contribution in [1.29, 1.82) is 0 Å². The molecule has 1 aromatic rings. The highest BCUT2D eigenvalue weighted by atomic mass is 16.2. The van der Waals surface area contributed by atoms with Gasteiger partial charge in [-0.15, -0.1) is 0 Å². The van der Waals surface area contributed by atoms with Gasteiger partial charge in [0.25, 0.3) is 0 Å². The van der Waals surface area contributed by atoms with E-state index in [0.717, 1.165) is 44.7 Å². The average molecular weight is 277 g/mol. The predicted molar refractivity (Wildman–Crippen MR) is 77.7 cm³/mol. The molecule has 0 aliphatic carbocycles. The third kappa shape index (κ3) is 2.28. The first kappa shape index (κ1) is 13.4. The Morgan fingerprint density at radius 2 is 2.15 bits per heavy atom. The van der Waals surface area contributed by atoms with Crippen molar-refractivity contribution in [2.24, 2.45) is 0 Å². The minimum Gasteiger partial charge on any atom is -0.371 e. The van der Waals surface area contributed by atoms with Crippen LogP contribution in [0, 0.1) is 0 Å². The molecule has 0 atom stereocenters. The van der Waals surface area contributed by atoms with Crippen LogP contribution in [0.5, 0.6) is 0 Å². The Morgan fingerprint density at radius 3 is 2.80 bits per heavy atom. The van der Waals surface area contributed by atoms with Crippen LogP contribution in [0.15, 0.2) is 0 Å². The molecule has 1 saturated heterocycles. The Bertz CT molecular complexity index is 504. The van der Waals surface area contributed by atoms with Gasteiger partial charge in [0.05, 0.1) is 12.6 Å². The Morgan fingerprint density at radius 1 is 1.40 bits per heavy atom. The molecule has 0 bridgehead atoms. The quantitative estimate of drug-likeness (QED) is 0.837. The van der Waals surface area contributed by atoms with Gasteiger partial charge in [0, 0.05) is 38.2 Å². The van der Waals surface area contributed by atoms with Crippen molar-refractivity contribution in [3.05, 3.63) is 11.3 Å². The molecule has 2 aliphatic heterocycles. The highest BCUT2D eigenvalue weighted by Gasteiger charge is 2.28. The van der Waals surface area contributed by atoms with E-state index in [1.807, 2.05) is 11.9 Å². The first-order chi connectivity index (χ1) is 9.70. The second-order valence-electron chi connectivity index (χ2n) is 5.64. The van der Waals surface area contributed by atoms with Crippen LogP contribution in [-0.2, 0) is 17.8 Å². The summed E-state index contributed by atoms with van der Waals surface area (Å²) in [7, 11) is 1.90. The maximum absolute atomic E-state index is 11.6. The highest BCUT2D eigenvalue weighted by molar-refractivity contribution is 5.74. The molecular weight excluding hydrogens is 254 g/mol. The van der Waals surface area contributed by atoms with E-state index < -0.39 is 0 Å². The first-order valence-electron chi connectivity index (χ1n) is 7.45. The highest BCUT2D eigenvalue weighted by Crippen LogP contribution is 2.30. The summed E-state index contributed by atoms with van der Waals surface area (Å²) in [6, 6.07) is 0.496. The molecule has 0 unspecified atom stereocenters. The predicted octanol–water partition coefficient (Wildman–Crippen LogP) is 0.754. The van der Waals surface area contributed by atoms with Gasteiger partial charge in [-0.1, -0.05) is 0 Å². The maximum Gasteiger partial charge on any atom is 0.219 e. The molecule has 1 aromatic heterocycles. The van der Waals surface area contributed by atoms with Crippen LogP contribution in [0.3, 0.4) is 0 Å². The normalized spacial score (nSPS) is 19.8. The standard InChI is InChI=1S/C14H23N5O/c1-10(20)18-8-5-13-12(9-18)14(15-2)17-19(13)11-3-6-16-7-4-11/h11,16H,3-9H2,1-2H3,(H,15,17). The van der Waals surface area contributed by atoms with Gasteiger partial charge in [-0.3, -0.25) is 9.48 Å². The fraction of sp³-hybridized carbons (Fsp3) is 0.714. The molecule has 6 heteroatoms. The van der Waals surface area contributed by atoms with Crippen molar-refractivity contribution < 1.29 is 4.79 Å². The number of nitrogens with one attached hydrogen (secondary N) is 2. The van der Waals surface area contributed by atoms with Crippen LogP contribution in [0.4, 0.5) is 5.82 Å². The van der Waals surface area contributed by atoms with E-state index in [4.69, 9.17) is 5.10 Å². The molecule has 110 valence electrons. The zero-order valence-electron chi connectivity index (χ0n) is 12.3. The third-order valence-corrected chi connectivity index (χ3v) is 4.42. The molecule has 3 rings (SSSR count). The molecule has 0 spiro atoms. The van der Waals surface area contributed by atoms with E-state index in [9.17, 15) is 4.79 Å². The van der Waals surface area contributed by atoms with Gasteiger partial charge in [0.15, 0.2) is 5.82 Å². The van der Waals surface area contributed by atoms with E-state index in [1.165, 1.54) is 11.3 Å². The molecular formula is C14H23N5O. The monoisotopic (exact) mass is 277 g/mol. The van der Waals surface area contributed by atoms with Gasteiger partial charge in [-0.2, -0.15) is 5.10 Å². The minimum atomic E-state index is 0.146. The lowest BCUT2D eigenvalue weighted by atomic mass is 10.0. The Labute approximate surface area is 119 Å². The van der Waals surface area contributed by atoms with Crippen LogP contribution in [-0.4, -0.2) is 47.3 Å². The van der Waals surface area contributed by atoms with Crippen LogP contribution < -0.4 is 10.6 Å². The van der Waals surface area contributed by atoms with Gasteiger partial charge in [0.2, 0.25) is 5.91 Å². The lowest BCUT2D eigenvalue weighted by Crippen LogP contribution is -2.36. The summed E-state index contributed by atoms with van der Waals surface area (Å²) in [5, 5.41) is 11.4.